The zero-order valence-electron chi connectivity index (χ0n) is 29.9. The van der Waals surface area contributed by atoms with E-state index in [2.05, 4.69) is 60.7 Å². The van der Waals surface area contributed by atoms with Crippen molar-refractivity contribution in [3.63, 3.8) is 0 Å². The minimum Gasteiger partial charge on any atom is -0.381 e. The molecule has 5 aromatic rings. The average molecular weight is 715 g/mol. The topological polar surface area (TPSA) is 93.4 Å². The molecule has 0 spiro atoms. The van der Waals surface area contributed by atoms with Gasteiger partial charge in [0, 0.05) is 79.4 Å². The highest BCUT2D eigenvalue weighted by atomic mass is 32.2. The van der Waals surface area contributed by atoms with Crippen LogP contribution in [0.15, 0.2) is 65.8 Å². The third kappa shape index (κ3) is 6.37. The molecule has 2 aliphatic heterocycles. The summed E-state index contributed by atoms with van der Waals surface area (Å²) in [5.74, 6) is 1.24. The summed E-state index contributed by atoms with van der Waals surface area (Å²) < 4.78 is 64.0. The van der Waals surface area contributed by atoms with Gasteiger partial charge < -0.3 is 14.5 Å². The number of aryl methyl sites for hydroxylation is 2. The Morgan fingerprint density at radius 2 is 1.76 bits per heavy atom. The number of piperidine rings is 1. The van der Waals surface area contributed by atoms with Crippen LogP contribution in [0.4, 0.5) is 20.3 Å². The van der Waals surface area contributed by atoms with Crippen LogP contribution in [0.1, 0.15) is 79.5 Å². The van der Waals surface area contributed by atoms with Gasteiger partial charge in [0.1, 0.15) is 5.82 Å². The molecule has 0 N–H and O–H groups in total. The van der Waals surface area contributed by atoms with Crippen molar-refractivity contribution in [2.45, 2.75) is 89.8 Å². The molecule has 3 aromatic heterocycles. The van der Waals surface area contributed by atoms with Crippen LogP contribution in [0.2, 0.25) is 0 Å². The summed E-state index contributed by atoms with van der Waals surface area (Å²) in [5.41, 5.74) is 6.11. The first-order valence-corrected chi connectivity index (χ1v) is 19.0. The van der Waals surface area contributed by atoms with Gasteiger partial charge in [-0.05, 0) is 74.9 Å². The van der Waals surface area contributed by atoms with E-state index in [-0.39, 0.29) is 45.0 Å². The zero-order valence-corrected chi connectivity index (χ0v) is 30.7. The molecule has 0 unspecified atom stereocenters. The molecule has 9 nitrogen and oxygen atoms in total. The van der Waals surface area contributed by atoms with Crippen molar-refractivity contribution in [1.82, 2.24) is 18.9 Å². The molecule has 0 bridgehead atoms. The number of nitrogens with zero attached hydrogens (tertiary/aromatic N) is 6. The number of rotatable bonds is 8. The molecule has 0 aliphatic carbocycles. The van der Waals surface area contributed by atoms with Gasteiger partial charge in [0.05, 0.1) is 16.7 Å². The summed E-state index contributed by atoms with van der Waals surface area (Å²) in [6.45, 7) is 12.5. The molecule has 0 amide bonds. The van der Waals surface area contributed by atoms with Gasteiger partial charge in [-0.1, -0.05) is 43.7 Å². The third-order valence-electron chi connectivity index (χ3n) is 10.5. The minimum absolute atomic E-state index is 0.0406. The highest BCUT2D eigenvalue weighted by Gasteiger charge is 2.34. The van der Waals surface area contributed by atoms with Crippen molar-refractivity contribution in [3.05, 3.63) is 94.4 Å². The van der Waals surface area contributed by atoms with Gasteiger partial charge in [0.15, 0.2) is 11.5 Å². The first kappa shape index (κ1) is 35.0. The molecule has 51 heavy (non-hydrogen) atoms. The van der Waals surface area contributed by atoms with Crippen LogP contribution in [0.25, 0.3) is 22.4 Å². The second-order valence-corrected chi connectivity index (χ2v) is 16.0. The van der Waals surface area contributed by atoms with Gasteiger partial charge in [-0.25, -0.2) is 36.1 Å². The Balaban J connectivity index is 1.39. The Kier molecular flexibility index (Phi) is 9.34. The van der Waals surface area contributed by atoms with E-state index in [9.17, 15) is 17.2 Å². The number of ether oxygens (including phenoxy) is 1. The van der Waals surface area contributed by atoms with Crippen molar-refractivity contribution in [2.24, 2.45) is 0 Å². The van der Waals surface area contributed by atoms with Crippen molar-refractivity contribution in [1.29, 1.82) is 0 Å². The molecule has 12 heteroatoms. The van der Waals surface area contributed by atoms with E-state index in [0.29, 0.717) is 32.0 Å². The monoisotopic (exact) mass is 714 g/mol. The highest BCUT2D eigenvalue weighted by Crippen LogP contribution is 2.40. The lowest BCUT2D eigenvalue weighted by atomic mass is 9.96. The minimum atomic E-state index is -4.07. The molecular formula is C39H44F2N6O3S. The molecule has 0 radical (unpaired) electrons. The second kappa shape index (κ2) is 13.6. The van der Waals surface area contributed by atoms with Crippen LogP contribution in [-0.2, 0) is 27.7 Å². The standard InChI is InChI=1S/C39H44F2N6O3S/c1-23(2)27-10-9-25(4)34(20-27)45-16-15-33-32(22-45)39(46-17-13-28(50-6)19-26(46)5)44-37(43-33)35-30-14-18-47(38(30)42-21-31(35)36(40)41)51(48,49)29-11-7-24(3)8-12-29/h7-12,14,18,20-21,23,26,28,36H,13,15-17,19,22H2,1-6H3/t26-,28-/m1/s1. The van der Waals surface area contributed by atoms with Gasteiger partial charge in [0.25, 0.3) is 16.4 Å². The van der Waals surface area contributed by atoms with E-state index in [1.165, 1.54) is 41.2 Å². The van der Waals surface area contributed by atoms with E-state index in [1.54, 1.807) is 19.2 Å². The lowest BCUT2D eigenvalue weighted by Gasteiger charge is -2.41. The van der Waals surface area contributed by atoms with E-state index >= 15 is 0 Å². The fourth-order valence-corrected chi connectivity index (χ4v) is 8.75. The maximum Gasteiger partial charge on any atom is 0.269 e. The number of anilines is 2. The maximum absolute atomic E-state index is 14.8. The van der Waals surface area contributed by atoms with E-state index in [4.69, 9.17) is 14.7 Å². The van der Waals surface area contributed by atoms with Crippen LogP contribution in [-0.4, -0.2) is 59.7 Å². The SMILES string of the molecule is CO[C@@H]1CCN(c2nc(-c3c(C(F)F)cnc4c3ccn4S(=O)(=O)c3ccc(C)cc3)nc3c2CN(c2cc(C(C)C)ccc2C)CC3)[C@H](C)C1. The normalized spacial score (nSPS) is 18.2. The number of methoxy groups -OCH3 is 1. The first-order valence-electron chi connectivity index (χ1n) is 17.5. The number of pyridine rings is 1. The van der Waals surface area contributed by atoms with Gasteiger partial charge >= 0.3 is 0 Å². The lowest BCUT2D eigenvalue weighted by molar-refractivity contribution is 0.0719. The van der Waals surface area contributed by atoms with Crippen molar-refractivity contribution in [3.8, 4) is 11.4 Å². The Morgan fingerprint density at radius 1 is 1.00 bits per heavy atom. The number of hydrogen-bond acceptors (Lipinski definition) is 8. The summed E-state index contributed by atoms with van der Waals surface area (Å²) in [5, 5.41) is 0.249. The van der Waals surface area contributed by atoms with Crippen LogP contribution >= 0.6 is 0 Å². The molecule has 0 saturated carbocycles. The number of alkyl halides is 2. The number of halogens is 2. The molecule has 1 fully saturated rings. The van der Waals surface area contributed by atoms with E-state index in [1.807, 2.05) is 6.92 Å². The largest absolute Gasteiger partial charge is 0.381 e. The molecule has 5 heterocycles. The Morgan fingerprint density at radius 3 is 2.45 bits per heavy atom. The van der Waals surface area contributed by atoms with E-state index < -0.39 is 16.4 Å². The Hall–Kier alpha value is -4.42. The van der Waals surface area contributed by atoms with Crippen LogP contribution in [0, 0.1) is 13.8 Å². The summed E-state index contributed by atoms with van der Waals surface area (Å²) in [6, 6.07) is 14.7. The van der Waals surface area contributed by atoms with Gasteiger partial charge in [-0.2, -0.15) is 0 Å². The number of hydrogen-bond donors (Lipinski definition) is 0. The van der Waals surface area contributed by atoms with Crippen LogP contribution in [0.3, 0.4) is 0 Å². The molecular weight excluding hydrogens is 671 g/mol. The second-order valence-electron chi connectivity index (χ2n) is 14.1. The summed E-state index contributed by atoms with van der Waals surface area (Å²) in [7, 11) is -2.34. The molecule has 1 saturated heterocycles. The molecule has 7 rings (SSSR count). The van der Waals surface area contributed by atoms with Crippen molar-refractivity contribution >= 4 is 32.6 Å². The van der Waals surface area contributed by atoms with Crippen molar-refractivity contribution < 1.29 is 21.9 Å². The lowest BCUT2D eigenvalue weighted by Crippen LogP contribution is -2.45. The fraction of sp³-hybridized carbons (Fsp3) is 0.410. The molecule has 2 atom stereocenters. The smallest absolute Gasteiger partial charge is 0.269 e. The summed E-state index contributed by atoms with van der Waals surface area (Å²) in [6.07, 6.45) is 1.85. The van der Waals surface area contributed by atoms with Crippen LogP contribution in [0.5, 0.6) is 0 Å². The molecule has 268 valence electrons. The Bertz CT molecular complexity index is 2200. The van der Waals surface area contributed by atoms with Crippen LogP contribution < -0.4 is 9.80 Å². The number of fused-ring (bicyclic) bond motifs is 2. The highest BCUT2D eigenvalue weighted by molar-refractivity contribution is 7.90. The van der Waals surface area contributed by atoms with Gasteiger partial charge in [0.2, 0.25) is 0 Å². The summed E-state index contributed by atoms with van der Waals surface area (Å²) in [4.78, 5) is 19.1. The molecule has 2 aliphatic rings. The van der Waals surface area contributed by atoms with Gasteiger partial charge in [-0.3, -0.25) is 0 Å². The van der Waals surface area contributed by atoms with Crippen molar-refractivity contribution in [2.75, 3.05) is 30.0 Å². The number of benzene rings is 2. The average Bonchev–Trinajstić information content (AvgIpc) is 3.56. The predicted octanol–water partition coefficient (Wildman–Crippen LogP) is 7.97. The quantitative estimate of drug-likeness (QED) is 0.160. The number of aromatic nitrogens is 4. The fourth-order valence-electron chi connectivity index (χ4n) is 7.45. The molecule has 2 aromatic carbocycles. The van der Waals surface area contributed by atoms with E-state index in [0.717, 1.165) is 45.6 Å². The maximum atomic E-state index is 14.8. The predicted molar refractivity (Wildman–Crippen MR) is 196 cm³/mol. The first-order chi connectivity index (χ1) is 24.4. The summed E-state index contributed by atoms with van der Waals surface area (Å²) >= 11 is 0. The zero-order chi connectivity index (χ0) is 36.2. The third-order valence-corrected chi connectivity index (χ3v) is 12.1. The van der Waals surface area contributed by atoms with Gasteiger partial charge in [-0.15, -0.1) is 0 Å². The Labute approximate surface area is 298 Å².